The molecule has 6 heteroatoms. The number of aromatic amines is 1. The van der Waals surface area contributed by atoms with E-state index in [0.717, 1.165) is 11.1 Å². The van der Waals surface area contributed by atoms with Crippen LogP contribution < -0.4 is 5.56 Å². The Labute approximate surface area is 167 Å². The summed E-state index contributed by atoms with van der Waals surface area (Å²) in [5, 5.41) is 14.7. The molecule has 0 spiro atoms. The fourth-order valence-electron chi connectivity index (χ4n) is 3.55. The number of benzene rings is 3. The van der Waals surface area contributed by atoms with Gasteiger partial charge in [0, 0.05) is 4.92 Å². The second-order valence-corrected chi connectivity index (χ2v) is 6.72. The van der Waals surface area contributed by atoms with Gasteiger partial charge in [0.2, 0.25) is 6.54 Å². The van der Waals surface area contributed by atoms with Crippen molar-refractivity contribution < 1.29 is 4.92 Å². The molecule has 144 valence electrons. The van der Waals surface area contributed by atoms with E-state index in [1.165, 1.54) is 4.68 Å². The maximum absolute atomic E-state index is 13.5. The zero-order chi connectivity index (χ0) is 20.2. The van der Waals surface area contributed by atoms with E-state index < -0.39 is 5.92 Å². The van der Waals surface area contributed by atoms with Crippen molar-refractivity contribution in [3.05, 3.63) is 123 Å². The van der Waals surface area contributed by atoms with Crippen molar-refractivity contribution in [2.45, 2.75) is 5.92 Å². The van der Waals surface area contributed by atoms with E-state index in [4.69, 9.17) is 0 Å². The quantitative estimate of drug-likeness (QED) is 0.398. The van der Waals surface area contributed by atoms with Gasteiger partial charge in [-0.3, -0.25) is 20.0 Å². The lowest BCUT2D eigenvalue weighted by molar-refractivity contribution is -0.481. The smallest absolute Gasteiger partial charge is 0.275 e. The molecule has 0 aliphatic carbocycles. The first-order valence-corrected chi connectivity index (χ1v) is 9.27. The summed E-state index contributed by atoms with van der Waals surface area (Å²) in [5.74, 6) is -0.671. The maximum Gasteiger partial charge on any atom is 0.275 e. The molecule has 1 atom stereocenters. The highest BCUT2D eigenvalue weighted by atomic mass is 16.6. The number of hydrogen-bond donors (Lipinski definition) is 1. The van der Waals surface area contributed by atoms with Crippen LogP contribution >= 0.6 is 0 Å². The van der Waals surface area contributed by atoms with Crippen molar-refractivity contribution in [1.82, 2.24) is 9.78 Å². The molecule has 0 bridgehead atoms. The third kappa shape index (κ3) is 3.73. The van der Waals surface area contributed by atoms with Crippen molar-refractivity contribution in [2.24, 2.45) is 0 Å². The van der Waals surface area contributed by atoms with Crippen molar-refractivity contribution in [2.75, 3.05) is 6.54 Å². The van der Waals surface area contributed by atoms with Crippen molar-refractivity contribution >= 4 is 0 Å². The summed E-state index contributed by atoms with van der Waals surface area (Å²) in [6, 6.07) is 27.8. The molecule has 3 aromatic carbocycles. The summed E-state index contributed by atoms with van der Waals surface area (Å²) in [5.41, 5.74) is 2.91. The van der Waals surface area contributed by atoms with E-state index in [2.05, 4.69) is 5.10 Å². The fraction of sp³-hybridized carbons (Fsp3) is 0.0870. The Kier molecular flexibility index (Phi) is 5.07. The standard InChI is InChI=1S/C23H19N3O3/c27-23-21(20(16-25(28)29)17-10-4-1-5-11-17)22(18-12-6-2-7-13-18)24-26(23)19-14-8-3-9-15-19/h1-15,20,24H,16H2. The van der Waals surface area contributed by atoms with Crippen LogP contribution in [0.2, 0.25) is 0 Å². The first-order chi connectivity index (χ1) is 14.1. The molecule has 1 unspecified atom stereocenters. The van der Waals surface area contributed by atoms with Gasteiger partial charge in [-0.25, -0.2) is 4.68 Å². The maximum atomic E-state index is 13.5. The van der Waals surface area contributed by atoms with Gasteiger partial charge < -0.3 is 0 Å². The summed E-state index contributed by atoms with van der Waals surface area (Å²) in [6.07, 6.45) is 0. The molecule has 6 nitrogen and oxygen atoms in total. The van der Waals surface area contributed by atoms with Crippen LogP contribution in [0.5, 0.6) is 0 Å². The van der Waals surface area contributed by atoms with E-state index in [1.54, 1.807) is 0 Å². The van der Waals surface area contributed by atoms with Gasteiger partial charge in [-0.2, -0.15) is 0 Å². The Morgan fingerprint density at radius 1 is 0.862 bits per heavy atom. The van der Waals surface area contributed by atoms with Gasteiger partial charge in [0.1, 0.15) is 0 Å². The van der Waals surface area contributed by atoms with Crippen LogP contribution in [0.3, 0.4) is 0 Å². The van der Waals surface area contributed by atoms with Gasteiger partial charge in [0.05, 0.1) is 22.9 Å². The zero-order valence-corrected chi connectivity index (χ0v) is 15.6. The molecule has 0 radical (unpaired) electrons. The van der Waals surface area contributed by atoms with E-state index in [0.29, 0.717) is 16.9 Å². The first-order valence-electron chi connectivity index (χ1n) is 9.27. The predicted molar refractivity (Wildman–Crippen MR) is 112 cm³/mol. The SMILES string of the molecule is O=c1c(C(C[N+](=O)[O-])c2ccccc2)c(-c2ccccc2)[nH]n1-c1ccccc1. The van der Waals surface area contributed by atoms with E-state index in [-0.39, 0.29) is 17.0 Å². The summed E-state index contributed by atoms with van der Waals surface area (Å²) in [7, 11) is 0. The molecule has 29 heavy (non-hydrogen) atoms. The molecule has 1 N–H and O–H groups in total. The van der Waals surface area contributed by atoms with Crippen molar-refractivity contribution in [3.63, 3.8) is 0 Å². The summed E-state index contributed by atoms with van der Waals surface area (Å²) >= 11 is 0. The number of nitrogens with one attached hydrogen (secondary N) is 1. The minimum absolute atomic E-state index is 0.286. The number of nitrogens with zero attached hydrogens (tertiary/aromatic N) is 2. The minimum Gasteiger partial charge on any atom is -0.290 e. The fourth-order valence-corrected chi connectivity index (χ4v) is 3.55. The molecule has 0 amide bonds. The number of hydrogen-bond acceptors (Lipinski definition) is 3. The average molecular weight is 385 g/mol. The molecule has 1 heterocycles. The Morgan fingerprint density at radius 3 is 2.00 bits per heavy atom. The second-order valence-electron chi connectivity index (χ2n) is 6.72. The van der Waals surface area contributed by atoms with Gasteiger partial charge in [-0.1, -0.05) is 78.9 Å². The van der Waals surface area contributed by atoms with Crippen LogP contribution in [-0.4, -0.2) is 21.2 Å². The third-order valence-corrected chi connectivity index (χ3v) is 4.89. The normalized spacial score (nSPS) is 11.9. The zero-order valence-electron chi connectivity index (χ0n) is 15.6. The Balaban J connectivity index is 1.98. The van der Waals surface area contributed by atoms with Gasteiger partial charge in [0.15, 0.2) is 0 Å². The topological polar surface area (TPSA) is 80.9 Å². The summed E-state index contributed by atoms with van der Waals surface area (Å²) < 4.78 is 1.45. The average Bonchev–Trinajstić information content (AvgIpc) is 3.11. The van der Waals surface area contributed by atoms with Crippen molar-refractivity contribution in [3.8, 4) is 16.9 Å². The second kappa shape index (κ2) is 7.98. The van der Waals surface area contributed by atoms with Crippen LogP contribution in [0.4, 0.5) is 0 Å². The molecule has 0 saturated carbocycles. The number of H-pyrrole nitrogens is 1. The number of aromatic nitrogens is 2. The molecular weight excluding hydrogens is 366 g/mol. The lowest BCUT2D eigenvalue weighted by atomic mass is 9.89. The third-order valence-electron chi connectivity index (χ3n) is 4.89. The lowest BCUT2D eigenvalue weighted by Crippen LogP contribution is -2.23. The van der Waals surface area contributed by atoms with Gasteiger partial charge in [-0.15, -0.1) is 0 Å². The monoisotopic (exact) mass is 385 g/mol. The number of nitro groups is 1. The predicted octanol–water partition coefficient (Wildman–Crippen LogP) is 4.24. The van der Waals surface area contributed by atoms with Crippen LogP contribution in [0, 0.1) is 10.1 Å². The first kappa shape index (κ1) is 18.4. The van der Waals surface area contributed by atoms with Gasteiger partial charge in [0.25, 0.3) is 5.56 Å². The van der Waals surface area contributed by atoms with E-state index in [1.807, 2.05) is 91.0 Å². The van der Waals surface area contributed by atoms with E-state index >= 15 is 0 Å². The molecule has 0 fully saturated rings. The van der Waals surface area contributed by atoms with Crippen LogP contribution in [0.15, 0.2) is 95.8 Å². The highest BCUT2D eigenvalue weighted by Crippen LogP contribution is 2.31. The Bertz CT molecular complexity index is 1170. The summed E-state index contributed by atoms with van der Waals surface area (Å²) in [4.78, 5) is 24.6. The molecule has 0 saturated heterocycles. The minimum atomic E-state index is -0.671. The largest absolute Gasteiger partial charge is 0.290 e. The van der Waals surface area contributed by atoms with Crippen molar-refractivity contribution in [1.29, 1.82) is 0 Å². The molecule has 0 aliphatic heterocycles. The highest BCUT2D eigenvalue weighted by Gasteiger charge is 2.29. The van der Waals surface area contributed by atoms with Crippen LogP contribution in [0.25, 0.3) is 16.9 Å². The van der Waals surface area contributed by atoms with Crippen LogP contribution in [-0.2, 0) is 0 Å². The molecule has 4 rings (SSSR count). The lowest BCUT2D eigenvalue weighted by Gasteiger charge is -2.13. The Hall–Kier alpha value is -3.93. The van der Waals surface area contributed by atoms with Crippen LogP contribution in [0.1, 0.15) is 17.0 Å². The summed E-state index contributed by atoms with van der Waals surface area (Å²) in [6.45, 7) is -0.369. The number of rotatable bonds is 6. The van der Waals surface area contributed by atoms with E-state index in [9.17, 15) is 14.9 Å². The molecule has 0 aliphatic rings. The highest BCUT2D eigenvalue weighted by molar-refractivity contribution is 5.65. The van der Waals surface area contributed by atoms with Gasteiger partial charge >= 0.3 is 0 Å². The molecular formula is C23H19N3O3. The molecule has 4 aromatic rings. The number of para-hydroxylation sites is 1. The Morgan fingerprint density at radius 2 is 1.41 bits per heavy atom. The van der Waals surface area contributed by atoms with Gasteiger partial charge in [-0.05, 0) is 23.3 Å². The molecule has 1 aromatic heterocycles.